The Morgan fingerprint density at radius 3 is 2.58 bits per heavy atom. The first-order chi connectivity index (χ1) is 18.3. The average molecular weight is 552 g/mol. The average Bonchev–Trinajstić information content (AvgIpc) is 3.43. The Morgan fingerprint density at radius 1 is 1.13 bits per heavy atom. The number of para-hydroxylation sites is 1. The van der Waals surface area contributed by atoms with Crippen molar-refractivity contribution in [3.05, 3.63) is 80.7 Å². The van der Waals surface area contributed by atoms with Crippen molar-refractivity contribution in [3.8, 4) is 11.4 Å². The molecule has 13 heteroatoms. The van der Waals surface area contributed by atoms with Gasteiger partial charge in [-0.3, -0.25) is 19.1 Å². The summed E-state index contributed by atoms with van der Waals surface area (Å²) < 4.78 is 9.31. The maximum absolute atomic E-state index is 12.9. The molecule has 0 fully saturated rings. The van der Waals surface area contributed by atoms with Crippen LogP contribution in [0.15, 0.2) is 62.8 Å². The Balaban J connectivity index is 1.41. The molecule has 0 radical (unpaired) electrons. The Bertz CT molecular complexity index is 1560. The van der Waals surface area contributed by atoms with Crippen LogP contribution < -0.4 is 21.0 Å². The number of carbonyl (C=O) groups excluding carboxylic acids is 2. The van der Waals surface area contributed by atoms with Crippen LogP contribution in [0.2, 0.25) is 0 Å². The summed E-state index contributed by atoms with van der Waals surface area (Å²) in [6.45, 7) is 3.58. The summed E-state index contributed by atoms with van der Waals surface area (Å²) in [4.78, 5) is 37.8. The third-order valence-electron chi connectivity index (χ3n) is 5.54. The molecule has 0 unspecified atom stereocenters. The van der Waals surface area contributed by atoms with E-state index in [1.807, 2.05) is 19.1 Å². The zero-order chi connectivity index (χ0) is 27.2. The molecule has 2 N–H and O–H groups in total. The number of benzene rings is 2. The number of nitrogens with zero attached hydrogens (tertiary/aromatic N) is 5. The number of hydrazone groups is 1. The van der Waals surface area contributed by atoms with Gasteiger partial charge < -0.3 is 10.1 Å². The van der Waals surface area contributed by atoms with E-state index >= 15 is 0 Å². The summed E-state index contributed by atoms with van der Waals surface area (Å²) in [7, 11) is 3.29. The number of nitrogens with one attached hydrogen (secondary N) is 2. The minimum absolute atomic E-state index is 0.0170. The fraction of sp³-hybridized carbons (Fsp3) is 0.200. The molecule has 38 heavy (non-hydrogen) atoms. The fourth-order valence-corrected chi connectivity index (χ4v) is 5.36. The fourth-order valence-electron chi connectivity index (χ4n) is 3.57. The first kappa shape index (κ1) is 26.8. The van der Waals surface area contributed by atoms with Crippen molar-refractivity contribution >= 4 is 46.8 Å². The smallest absolute Gasteiger partial charge is 0.329 e. The lowest BCUT2D eigenvalue weighted by Gasteiger charge is -2.08. The minimum Gasteiger partial charge on any atom is -0.496 e. The minimum atomic E-state index is -1.01. The molecule has 0 bridgehead atoms. The van der Waals surface area contributed by atoms with E-state index in [2.05, 4.69) is 26.0 Å². The number of hydrogen-bond acceptors (Lipinski definition) is 9. The van der Waals surface area contributed by atoms with Gasteiger partial charge in [-0.1, -0.05) is 41.3 Å². The Labute approximate surface area is 226 Å². The first-order valence-corrected chi connectivity index (χ1v) is 13.2. The van der Waals surface area contributed by atoms with E-state index in [9.17, 15) is 14.4 Å². The molecule has 196 valence electrons. The maximum atomic E-state index is 12.9. The van der Waals surface area contributed by atoms with E-state index in [1.165, 1.54) is 34.0 Å². The highest BCUT2D eigenvalue weighted by molar-refractivity contribution is 8.00. The first-order valence-electron chi connectivity index (χ1n) is 11.4. The van der Waals surface area contributed by atoms with Gasteiger partial charge in [0.05, 0.1) is 24.7 Å². The van der Waals surface area contributed by atoms with E-state index in [1.54, 1.807) is 62.2 Å². The van der Waals surface area contributed by atoms with Crippen LogP contribution in [0.4, 0.5) is 5.69 Å². The lowest BCUT2D eigenvalue weighted by Crippen LogP contribution is -2.34. The highest BCUT2D eigenvalue weighted by Gasteiger charge is 2.21. The Hall–Kier alpha value is -4.23. The van der Waals surface area contributed by atoms with Gasteiger partial charge in [-0.2, -0.15) is 5.10 Å². The van der Waals surface area contributed by atoms with Crippen molar-refractivity contribution in [1.82, 2.24) is 25.0 Å². The molecule has 0 aliphatic heterocycles. The van der Waals surface area contributed by atoms with Crippen molar-refractivity contribution in [2.75, 3.05) is 12.4 Å². The number of thioether (sulfide) groups is 1. The molecule has 0 aliphatic carbocycles. The summed E-state index contributed by atoms with van der Waals surface area (Å²) in [6.07, 6.45) is 1.42. The monoisotopic (exact) mass is 551 g/mol. The molecule has 2 aromatic heterocycles. The molecule has 4 aromatic rings. The summed E-state index contributed by atoms with van der Waals surface area (Å²) >= 11 is 3.05. The summed E-state index contributed by atoms with van der Waals surface area (Å²) in [5.74, 6) is -0.706. The standard InChI is InChI=1S/C25H25N7O4S2/c1-15-21(24(35)32(31(15)3)19-8-6-5-7-9-19)27-22(33)23(34)29-26-13-17-10-11-20(36-4)18(12-17)14-37-25-30-28-16(2)38-25/h5-13H,14H2,1-4H3,(H,27,33)(H,29,34). The number of rotatable bonds is 8. The second-order valence-corrected chi connectivity index (χ2v) is 10.4. The van der Waals surface area contributed by atoms with Gasteiger partial charge in [0.1, 0.15) is 16.4 Å². The van der Waals surface area contributed by atoms with E-state index in [4.69, 9.17) is 4.74 Å². The third kappa shape index (κ3) is 6.01. The van der Waals surface area contributed by atoms with Gasteiger partial charge in [0.25, 0.3) is 5.56 Å². The second kappa shape index (κ2) is 11.9. The lowest BCUT2D eigenvalue weighted by molar-refractivity contribution is -0.136. The normalized spacial score (nSPS) is 11.1. The molecule has 2 aromatic carbocycles. The zero-order valence-corrected chi connectivity index (χ0v) is 22.7. The summed E-state index contributed by atoms with van der Waals surface area (Å²) in [5, 5.41) is 15.3. The van der Waals surface area contributed by atoms with Gasteiger partial charge in [-0.15, -0.1) is 10.2 Å². The molecule has 4 rings (SSSR count). The third-order valence-corrected chi connectivity index (χ3v) is 7.56. The Kier molecular flexibility index (Phi) is 8.38. The SMILES string of the molecule is COc1ccc(C=NNC(=O)C(=O)Nc2c(C)n(C)n(-c3ccccc3)c2=O)cc1CSc1nnc(C)s1. The topological polar surface area (TPSA) is 132 Å². The van der Waals surface area contributed by atoms with E-state index < -0.39 is 17.4 Å². The van der Waals surface area contributed by atoms with Gasteiger partial charge in [-0.25, -0.2) is 10.1 Å². The van der Waals surface area contributed by atoms with Crippen molar-refractivity contribution in [2.45, 2.75) is 23.9 Å². The second-order valence-electron chi connectivity index (χ2n) is 8.04. The number of carbonyl (C=O) groups is 2. The van der Waals surface area contributed by atoms with Crippen LogP contribution in [0.3, 0.4) is 0 Å². The molecule has 0 spiro atoms. The largest absolute Gasteiger partial charge is 0.496 e. The van der Waals surface area contributed by atoms with Gasteiger partial charge in [0.15, 0.2) is 4.34 Å². The molecule has 0 aliphatic rings. The number of aryl methyl sites for hydroxylation is 1. The highest BCUT2D eigenvalue weighted by atomic mass is 32.2. The van der Waals surface area contributed by atoms with Crippen LogP contribution in [-0.4, -0.2) is 44.7 Å². The van der Waals surface area contributed by atoms with Crippen LogP contribution in [0.5, 0.6) is 5.75 Å². The Morgan fingerprint density at radius 2 is 1.89 bits per heavy atom. The van der Waals surface area contributed by atoms with Gasteiger partial charge in [-0.05, 0) is 49.7 Å². The number of hydrogen-bond donors (Lipinski definition) is 2. The summed E-state index contributed by atoms with van der Waals surface area (Å²) in [6, 6.07) is 14.4. The van der Waals surface area contributed by atoms with Crippen LogP contribution >= 0.6 is 23.1 Å². The molecule has 11 nitrogen and oxygen atoms in total. The van der Waals surface area contributed by atoms with Crippen LogP contribution in [0.25, 0.3) is 5.69 Å². The van der Waals surface area contributed by atoms with Crippen molar-refractivity contribution in [1.29, 1.82) is 0 Å². The maximum Gasteiger partial charge on any atom is 0.329 e. The zero-order valence-electron chi connectivity index (χ0n) is 21.1. The number of methoxy groups -OCH3 is 1. The van der Waals surface area contributed by atoms with Crippen molar-refractivity contribution in [3.63, 3.8) is 0 Å². The van der Waals surface area contributed by atoms with Crippen molar-refractivity contribution < 1.29 is 14.3 Å². The van der Waals surface area contributed by atoms with Crippen LogP contribution in [-0.2, 0) is 22.4 Å². The predicted octanol–water partition coefficient (Wildman–Crippen LogP) is 3.03. The van der Waals surface area contributed by atoms with Gasteiger partial charge >= 0.3 is 11.8 Å². The molecule has 0 saturated heterocycles. The van der Waals surface area contributed by atoms with E-state index in [-0.39, 0.29) is 5.69 Å². The van der Waals surface area contributed by atoms with Crippen LogP contribution in [0.1, 0.15) is 21.8 Å². The van der Waals surface area contributed by atoms with Crippen LogP contribution in [0, 0.1) is 13.8 Å². The number of aromatic nitrogens is 4. The highest BCUT2D eigenvalue weighted by Crippen LogP contribution is 2.30. The van der Waals surface area contributed by atoms with E-state index in [0.717, 1.165) is 14.9 Å². The molecule has 2 heterocycles. The number of anilines is 1. The molecule has 0 atom stereocenters. The molecular formula is C25H25N7O4S2. The molecular weight excluding hydrogens is 526 g/mol. The number of ether oxygens (including phenoxy) is 1. The molecule has 0 saturated carbocycles. The van der Waals surface area contributed by atoms with E-state index in [0.29, 0.717) is 28.4 Å². The predicted molar refractivity (Wildman–Crippen MR) is 147 cm³/mol. The van der Waals surface area contributed by atoms with Gasteiger partial charge in [0, 0.05) is 18.4 Å². The lowest BCUT2D eigenvalue weighted by atomic mass is 10.1. The quantitative estimate of drug-likeness (QED) is 0.149. The number of amides is 2. The summed E-state index contributed by atoms with van der Waals surface area (Å²) in [5.41, 5.74) is 4.50. The van der Waals surface area contributed by atoms with Gasteiger partial charge in [0.2, 0.25) is 0 Å². The van der Waals surface area contributed by atoms with Crippen molar-refractivity contribution in [2.24, 2.45) is 12.1 Å². The molecule has 2 amide bonds.